The van der Waals surface area contributed by atoms with Crippen molar-refractivity contribution in [2.24, 2.45) is 11.8 Å². The number of benzene rings is 1. The van der Waals surface area contributed by atoms with Gasteiger partial charge in [-0.25, -0.2) is 17.9 Å². The summed E-state index contributed by atoms with van der Waals surface area (Å²) in [5, 5.41) is 11.9. The van der Waals surface area contributed by atoms with Crippen molar-refractivity contribution < 1.29 is 18.3 Å². The number of rotatable bonds is 6. The maximum Gasteiger partial charge on any atom is 0.404 e. The summed E-state index contributed by atoms with van der Waals surface area (Å²) >= 11 is 0. The highest BCUT2D eigenvalue weighted by atomic mass is 32.2. The molecule has 0 saturated heterocycles. The van der Waals surface area contributed by atoms with E-state index < -0.39 is 16.1 Å². The predicted octanol–water partition coefficient (Wildman–Crippen LogP) is 2.59. The summed E-state index contributed by atoms with van der Waals surface area (Å²) in [6, 6.07) is 8.76. The van der Waals surface area contributed by atoms with Crippen molar-refractivity contribution in [3.05, 3.63) is 36.5 Å². The molecule has 0 aliphatic heterocycles. The molecule has 1 aromatic carbocycles. The maximum atomic E-state index is 12.7. The molecule has 0 radical (unpaired) electrons. The Balaban J connectivity index is 1.58. The third-order valence-electron chi connectivity index (χ3n) is 4.96. The second-order valence-corrected chi connectivity index (χ2v) is 8.49. The van der Waals surface area contributed by atoms with Crippen LogP contribution in [-0.4, -0.2) is 37.7 Å². The lowest BCUT2D eigenvalue weighted by Crippen LogP contribution is -2.34. The van der Waals surface area contributed by atoms with Crippen LogP contribution in [0.2, 0.25) is 0 Å². The number of hydrogen-bond acceptors (Lipinski definition) is 4. The SMILES string of the molecule is O=C(O)NCC1CCC(CNS(=O)(=O)c2cccc3cccnc23)CC1. The zero-order valence-corrected chi connectivity index (χ0v) is 15.2. The van der Waals surface area contributed by atoms with Gasteiger partial charge in [0.25, 0.3) is 0 Å². The Bertz CT molecular complexity index is 872. The molecule has 7 nitrogen and oxygen atoms in total. The molecule has 0 unspecified atom stereocenters. The van der Waals surface area contributed by atoms with Crippen LogP contribution >= 0.6 is 0 Å². The van der Waals surface area contributed by atoms with Crippen LogP contribution in [0.1, 0.15) is 25.7 Å². The molecule has 1 saturated carbocycles. The zero-order chi connectivity index (χ0) is 18.6. The Morgan fingerprint density at radius 2 is 1.73 bits per heavy atom. The van der Waals surface area contributed by atoms with Crippen LogP contribution in [0.25, 0.3) is 10.9 Å². The van der Waals surface area contributed by atoms with E-state index in [1.807, 2.05) is 12.1 Å². The molecule has 1 aliphatic carbocycles. The van der Waals surface area contributed by atoms with Gasteiger partial charge in [0.15, 0.2) is 0 Å². The van der Waals surface area contributed by atoms with E-state index in [2.05, 4.69) is 15.0 Å². The van der Waals surface area contributed by atoms with Gasteiger partial charge in [0.2, 0.25) is 10.0 Å². The van der Waals surface area contributed by atoms with Gasteiger partial charge in [-0.2, -0.15) is 0 Å². The lowest BCUT2D eigenvalue weighted by atomic mass is 9.82. The quantitative estimate of drug-likeness (QED) is 0.717. The first-order chi connectivity index (χ1) is 12.5. The van der Waals surface area contributed by atoms with Crippen LogP contribution in [0.5, 0.6) is 0 Å². The van der Waals surface area contributed by atoms with Gasteiger partial charge in [0.1, 0.15) is 4.90 Å². The summed E-state index contributed by atoms with van der Waals surface area (Å²) in [5.74, 6) is 0.606. The summed E-state index contributed by atoms with van der Waals surface area (Å²) in [6.07, 6.45) is 4.19. The van der Waals surface area contributed by atoms with Crippen molar-refractivity contribution in [3.8, 4) is 0 Å². The number of carbonyl (C=O) groups is 1. The second-order valence-electron chi connectivity index (χ2n) is 6.76. The minimum absolute atomic E-state index is 0.204. The monoisotopic (exact) mass is 377 g/mol. The molecule has 0 atom stereocenters. The molecule has 26 heavy (non-hydrogen) atoms. The van der Waals surface area contributed by atoms with E-state index >= 15 is 0 Å². The number of aromatic nitrogens is 1. The Morgan fingerprint density at radius 1 is 1.08 bits per heavy atom. The number of pyridine rings is 1. The van der Waals surface area contributed by atoms with Crippen molar-refractivity contribution in [1.82, 2.24) is 15.0 Å². The fourth-order valence-electron chi connectivity index (χ4n) is 3.47. The Labute approximate surface area is 152 Å². The summed E-state index contributed by atoms with van der Waals surface area (Å²) in [7, 11) is -3.62. The third-order valence-corrected chi connectivity index (χ3v) is 6.41. The average molecular weight is 377 g/mol. The van der Waals surface area contributed by atoms with E-state index in [-0.39, 0.29) is 10.8 Å². The van der Waals surface area contributed by atoms with E-state index in [9.17, 15) is 13.2 Å². The molecular formula is C18H23N3O4S. The van der Waals surface area contributed by atoms with E-state index in [4.69, 9.17) is 5.11 Å². The molecule has 0 bridgehead atoms. The molecular weight excluding hydrogens is 354 g/mol. The van der Waals surface area contributed by atoms with Gasteiger partial charge in [-0.1, -0.05) is 18.2 Å². The third kappa shape index (κ3) is 4.50. The summed E-state index contributed by atoms with van der Waals surface area (Å²) in [4.78, 5) is 15.0. The molecule has 1 amide bonds. The smallest absolute Gasteiger partial charge is 0.404 e. The Hall–Kier alpha value is -2.19. The predicted molar refractivity (Wildman–Crippen MR) is 98.4 cm³/mol. The number of nitrogens with zero attached hydrogens (tertiary/aromatic N) is 1. The summed E-state index contributed by atoms with van der Waals surface area (Å²) < 4.78 is 28.1. The van der Waals surface area contributed by atoms with Crippen molar-refractivity contribution >= 4 is 27.0 Å². The highest BCUT2D eigenvalue weighted by Gasteiger charge is 2.24. The minimum atomic E-state index is -3.62. The van der Waals surface area contributed by atoms with Crippen LogP contribution in [0.3, 0.4) is 0 Å². The van der Waals surface area contributed by atoms with Crippen LogP contribution in [0.4, 0.5) is 4.79 Å². The minimum Gasteiger partial charge on any atom is -0.465 e. The molecule has 2 aromatic rings. The molecule has 8 heteroatoms. The van der Waals surface area contributed by atoms with E-state index in [1.54, 1.807) is 24.4 Å². The van der Waals surface area contributed by atoms with Crippen molar-refractivity contribution in [1.29, 1.82) is 0 Å². The largest absolute Gasteiger partial charge is 0.465 e. The van der Waals surface area contributed by atoms with Crippen LogP contribution in [0.15, 0.2) is 41.4 Å². The van der Waals surface area contributed by atoms with Crippen molar-refractivity contribution in [2.75, 3.05) is 13.1 Å². The standard InChI is InChI=1S/C18H23N3O4S/c22-18(23)20-11-13-6-8-14(9-7-13)12-21-26(24,25)16-5-1-3-15-4-2-10-19-17(15)16/h1-5,10,13-14,20-21H,6-9,11-12H2,(H,22,23). The first kappa shape index (κ1) is 18.6. The number of carboxylic acid groups (broad SMARTS) is 1. The normalized spacial score (nSPS) is 20.8. The first-order valence-electron chi connectivity index (χ1n) is 8.76. The molecule has 3 N–H and O–H groups in total. The van der Waals surface area contributed by atoms with E-state index in [0.29, 0.717) is 24.5 Å². The highest BCUT2D eigenvalue weighted by molar-refractivity contribution is 7.89. The number of para-hydroxylation sites is 1. The van der Waals surface area contributed by atoms with Gasteiger partial charge in [0, 0.05) is 24.7 Å². The number of sulfonamides is 1. The fourth-order valence-corrected chi connectivity index (χ4v) is 4.76. The van der Waals surface area contributed by atoms with Crippen LogP contribution in [0, 0.1) is 11.8 Å². The van der Waals surface area contributed by atoms with Crippen LogP contribution < -0.4 is 10.0 Å². The van der Waals surface area contributed by atoms with E-state index in [0.717, 1.165) is 31.1 Å². The summed E-state index contributed by atoms with van der Waals surface area (Å²) in [5.41, 5.74) is 0.478. The van der Waals surface area contributed by atoms with Crippen LogP contribution in [-0.2, 0) is 10.0 Å². The van der Waals surface area contributed by atoms with Crippen molar-refractivity contribution in [2.45, 2.75) is 30.6 Å². The van der Waals surface area contributed by atoms with E-state index in [1.165, 1.54) is 0 Å². The topological polar surface area (TPSA) is 108 Å². The van der Waals surface area contributed by atoms with Crippen molar-refractivity contribution in [3.63, 3.8) is 0 Å². The molecule has 1 heterocycles. The van der Waals surface area contributed by atoms with Gasteiger partial charge in [-0.3, -0.25) is 4.98 Å². The number of amides is 1. The summed E-state index contributed by atoms with van der Waals surface area (Å²) in [6.45, 7) is 0.861. The number of fused-ring (bicyclic) bond motifs is 1. The number of hydrogen-bond donors (Lipinski definition) is 3. The zero-order valence-electron chi connectivity index (χ0n) is 14.4. The highest BCUT2D eigenvalue weighted by Crippen LogP contribution is 2.28. The van der Waals surface area contributed by atoms with Gasteiger partial charge >= 0.3 is 6.09 Å². The molecule has 1 aliphatic rings. The van der Waals surface area contributed by atoms with Gasteiger partial charge in [-0.05, 0) is 49.7 Å². The van der Waals surface area contributed by atoms with Gasteiger partial charge in [0.05, 0.1) is 5.52 Å². The average Bonchev–Trinajstić information content (AvgIpc) is 2.65. The molecule has 3 rings (SSSR count). The fraction of sp³-hybridized carbons (Fsp3) is 0.444. The lowest BCUT2D eigenvalue weighted by Gasteiger charge is -2.28. The van der Waals surface area contributed by atoms with Gasteiger partial charge < -0.3 is 10.4 Å². The second kappa shape index (κ2) is 8.01. The molecule has 0 spiro atoms. The first-order valence-corrected chi connectivity index (χ1v) is 10.2. The lowest BCUT2D eigenvalue weighted by molar-refractivity contribution is 0.188. The molecule has 1 fully saturated rings. The maximum absolute atomic E-state index is 12.7. The Morgan fingerprint density at radius 3 is 2.42 bits per heavy atom. The number of nitrogens with one attached hydrogen (secondary N) is 2. The Kier molecular flexibility index (Phi) is 5.73. The molecule has 140 valence electrons. The molecule has 1 aromatic heterocycles. The van der Waals surface area contributed by atoms with Gasteiger partial charge in [-0.15, -0.1) is 0 Å².